The predicted molar refractivity (Wildman–Crippen MR) is 112 cm³/mol. The second-order valence-electron chi connectivity index (χ2n) is 7.86. The van der Waals surface area contributed by atoms with E-state index in [1.807, 2.05) is 0 Å². The molecular formula is C21H28N4O2S. The van der Waals surface area contributed by atoms with Crippen molar-refractivity contribution in [3.8, 4) is 0 Å². The van der Waals surface area contributed by atoms with E-state index in [4.69, 9.17) is 0 Å². The molecule has 1 aliphatic heterocycles. The number of anilines is 1. The number of rotatable bonds is 6. The smallest absolute Gasteiger partial charge is 0.271 e. The lowest BCUT2D eigenvalue weighted by Crippen LogP contribution is -2.38. The summed E-state index contributed by atoms with van der Waals surface area (Å²) in [4.78, 5) is 29.9. The van der Waals surface area contributed by atoms with Crippen molar-refractivity contribution in [2.75, 3.05) is 18.4 Å². The molecule has 1 aromatic heterocycles. The predicted octanol–water partition coefficient (Wildman–Crippen LogP) is 3.51. The highest BCUT2D eigenvalue weighted by Gasteiger charge is 2.21. The molecular weight excluding hydrogens is 372 g/mol. The van der Waals surface area contributed by atoms with Crippen LogP contribution in [-0.4, -0.2) is 34.8 Å². The number of hydrogen-bond acceptors (Lipinski definition) is 5. The van der Waals surface area contributed by atoms with Crippen LogP contribution in [0, 0.1) is 11.8 Å². The lowest BCUT2D eigenvalue weighted by molar-refractivity contribution is -0.114. The molecule has 1 aliphatic rings. The standard InChI is InChI=1S/C21H28N4O2S/c1-14-8-15(2)11-25(10-14)12-18-6-4-17(5-7-18)9-22-20(27)19-13-28-21(24-19)23-16(3)26/h4-7,13-15H,8-12H2,1-3H3,(H,22,27)(H,23,24,26)/t14-,15+. The van der Waals surface area contributed by atoms with E-state index >= 15 is 0 Å². The average molecular weight is 401 g/mol. The van der Waals surface area contributed by atoms with Gasteiger partial charge in [0.25, 0.3) is 5.91 Å². The largest absolute Gasteiger partial charge is 0.347 e. The Hall–Kier alpha value is -2.25. The first-order valence-electron chi connectivity index (χ1n) is 9.70. The molecule has 2 heterocycles. The molecule has 2 aromatic rings. The van der Waals surface area contributed by atoms with Gasteiger partial charge in [-0.15, -0.1) is 11.3 Å². The van der Waals surface area contributed by atoms with Gasteiger partial charge in [-0.2, -0.15) is 0 Å². The van der Waals surface area contributed by atoms with Crippen LogP contribution in [0.15, 0.2) is 29.6 Å². The van der Waals surface area contributed by atoms with Crippen LogP contribution in [-0.2, 0) is 17.9 Å². The lowest BCUT2D eigenvalue weighted by Gasteiger charge is -2.35. The molecule has 1 saturated heterocycles. The second kappa shape index (κ2) is 9.30. The highest BCUT2D eigenvalue weighted by atomic mass is 32.1. The third-order valence-electron chi connectivity index (χ3n) is 4.85. The number of nitrogens with one attached hydrogen (secondary N) is 2. The molecule has 0 aliphatic carbocycles. The summed E-state index contributed by atoms with van der Waals surface area (Å²) in [5.74, 6) is 1.08. The maximum Gasteiger partial charge on any atom is 0.271 e. The monoisotopic (exact) mass is 400 g/mol. The van der Waals surface area contributed by atoms with E-state index in [0.29, 0.717) is 17.4 Å². The quantitative estimate of drug-likeness (QED) is 0.778. The van der Waals surface area contributed by atoms with E-state index in [2.05, 4.69) is 58.6 Å². The normalized spacial score (nSPS) is 20.0. The van der Waals surface area contributed by atoms with Gasteiger partial charge in [-0.25, -0.2) is 4.98 Å². The van der Waals surface area contributed by atoms with E-state index in [0.717, 1.165) is 37.0 Å². The summed E-state index contributed by atoms with van der Waals surface area (Å²) in [7, 11) is 0. The summed E-state index contributed by atoms with van der Waals surface area (Å²) in [6.45, 7) is 9.82. The third kappa shape index (κ3) is 5.87. The minimum Gasteiger partial charge on any atom is -0.347 e. The van der Waals surface area contributed by atoms with Gasteiger partial charge in [0.1, 0.15) is 5.69 Å². The summed E-state index contributed by atoms with van der Waals surface area (Å²) in [6, 6.07) is 8.42. The molecule has 2 N–H and O–H groups in total. The molecule has 7 heteroatoms. The van der Waals surface area contributed by atoms with Gasteiger partial charge in [0, 0.05) is 38.5 Å². The number of amides is 2. The number of hydrogen-bond donors (Lipinski definition) is 2. The van der Waals surface area contributed by atoms with Gasteiger partial charge in [-0.3, -0.25) is 14.5 Å². The van der Waals surface area contributed by atoms with Crippen LogP contribution < -0.4 is 10.6 Å². The molecule has 0 bridgehead atoms. The van der Waals surface area contributed by atoms with Crippen molar-refractivity contribution < 1.29 is 9.59 Å². The zero-order valence-corrected chi connectivity index (χ0v) is 17.5. The molecule has 28 heavy (non-hydrogen) atoms. The lowest BCUT2D eigenvalue weighted by atomic mass is 9.91. The Labute approximate surface area is 170 Å². The number of carbonyl (C=O) groups is 2. The highest BCUT2D eigenvalue weighted by Crippen LogP contribution is 2.22. The van der Waals surface area contributed by atoms with E-state index < -0.39 is 0 Å². The summed E-state index contributed by atoms with van der Waals surface area (Å²) >= 11 is 1.24. The Kier molecular flexibility index (Phi) is 6.80. The molecule has 2 amide bonds. The van der Waals surface area contributed by atoms with E-state index in [-0.39, 0.29) is 11.8 Å². The second-order valence-corrected chi connectivity index (χ2v) is 8.72. The number of carbonyl (C=O) groups excluding carboxylic acids is 2. The zero-order valence-electron chi connectivity index (χ0n) is 16.7. The number of thiazole rings is 1. The molecule has 6 nitrogen and oxygen atoms in total. The number of likely N-dealkylation sites (tertiary alicyclic amines) is 1. The molecule has 150 valence electrons. The fourth-order valence-corrected chi connectivity index (χ4v) is 4.54. The van der Waals surface area contributed by atoms with Gasteiger partial charge in [0.2, 0.25) is 5.91 Å². The van der Waals surface area contributed by atoms with Crippen molar-refractivity contribution in [2.45, 2.75) is 40.3 Å². The number of nitrogens with zero attached hydrogens (tertiary/aromatic N) is 2. The van der Waals surface area contributed by atoms with Gasteiger partial charge >= 0.3 is 0 Å². The molecule has 2 atom stereocenters. The van der Waals surface area contributed by atoms with Gasteiger partial charge < -0.3 is 10.6 Å². The number of piperidine rings is 1. The minimum atomic E-state index is -0.242. The van der Waals surface area contributed by atoms with Crippen molar-refractivity contribution >= 4 is 28.3 Å². The molecule has 0 unspecified atom stereocenters. The Morgan fingerprint density at radius 3 is 2.43 bits per heavy atom. The minimum absolute atomic E-state index is 0.199. The molecule has 3 rings (SSSR count). The Morgan fingerprint density at radius 1 is 1.14 bits per heavy atom. The van der Waals surface area contributed by atoms with E-state index in [9.17, 15) is 9.59 Å². The van der Waals surface area contributed by atoms with Crippen molar-refractivity contribution in [3.05, 3.63) is 46.5 Å². The van der Waals surface area contributed by atoms with E-state index in [1.54, 1.807) is 5.38 Å². The van der Waals surface area contributed by atoms with Crippen molar-refractivity contribution in [1.82, 2.24) is 15.2 Å². The summed E-state index contributed by atoms with van der Waals surface area (Å²) < 4.78 is 0. The fraction of sp³-hybridized carbons (Fsp3) is 0.476. The Morgan fingerprint density at radius 2 is 1.79 bits per heavy atom. The van der Waals surface area contributed by atoms with Crippen LogP contribution in [0.2, 0.25) is 0 Å². The van der Waals surface area contributed by atoms with Gasteiger partial charge in [0.05, 0.1) is 0 Å². The van der Waals surface area contributed by atoms with Gasteiger partial charge in [-0.1, -0.05) is 38.1 Å². The van der Waals surface area contributed by atoms with E-state index in [1.165, 1.54) is 30.2 Å². The fourth-order valence-electron chi connectivity index (χ4n) is 3.80. The van der Waals surface area contributed by atoms with Crippen LogP contribution in [0.4, 0.5) is 5.13 Å². The maximum absolute atomic E-state index is 12.2. The topological polar surface area (TPSA) is 74.3 Å². The summed E-state index contributed by atoms with van der Waals surface area (Å²) in [5, 5.41) is 7.54. The highest BCUT2D eigenvalue weighted by molar-refractivity contribution is 7.14. The SMILES string of the molecule is CC(=O)Nc1nc(C(=O)NCc2ccc(CN3C[C@H](C)C[C@H](C)C3)cc2)cs1. The van der Waals surface area contributed by atoms with Gasteiger partial charge in [0.15, 0.2) is 5.13 Å². The van der Waals surface area contributed by atoms with Gasteiger partial charge in [-0.05, 0) is 29.4 Å². The first kappa shape index (κ1) is 20.5. The van der Waals surface area contributed by atoms with Crippen LogP contribution >= 0.6 is 11.3 Å². The first-order chi connectivity index (χ1) is 13.4. The average Bonchev–Trinajstić information content (AvgIpc) is 3.08. The molecule has 0 spiro atoms. The third-order valence-corrected chi connectivity index (χ3v) is 5.60. The van der Waals surface area contributed by atoms with Crippen LogP contribution in [0.3, 0.4) is 0 Å². The van der Waals surface area contributed by atoms with Crippen LogP contribution in [0.5, 0.6) is 0 Å². The van der Waals surface area contributed by atoms with Crippen LogP contribution in [0.25, 0.3) is 0 Å². The Bertz CT molecular complexity index is 808. The molecule has 1 fully saturated rings. The van der Waals surface area contributed by atoms with Crippen molar-refractivity contribution in [3.63, 3.8) is 0 Å². The van der Waals surface area contributed by atoms with Crippen LogP contribution in [0.1, 0.15) is 48.8 Å². The maximum atomic E-state index is 12.2. The van der Waals surface area contributed by atoms with Crippen molar-refractivity contribution in [1.29, 1.82) is 0 Å². The van der Waals surface area contributed by atoms with Crippen molar-refractivity contribution in [2.24, 2.45) is 11.8 Å². The summed E-state index contributed by atoms with van der Waals surface area (Å²) in [6.07, 6.45) is 1.32. The summed E-state index contributed by atoms with van der Waals surface area (Å²) in [5.41, 5.74) is 2.67. The molecule has 0 saturated carbocycles. The zero-order chi connectivity index (χ0) is 20.1. The first-order valence-corrected chi connectivity index (χ1v) is 10.6. The number of benzene rings is 1. The molecule has 0 radical (unpaired) electrons. The molecule has 1 aromatic carbocycles. The Balaban J connectivity index is 1.49. The number of aromatic nitrogens is 1.